The number of nitrogens with one attached hydrogen (secondary N) is 1. The molecule has 2 fully saturated rings. The fraction of sp³-hybridized carbons (Fsp3) is 0.500. The molecule has 5 nitrogen and oxygen atoms in total. The third-order valence-corrected chi connectivity index (χ3v) is 4.11. The van der Waals surface area contributed by atoms with E-state index in [-0.39, 0.29) is 17.6 Å². The number of hydrazine groups is 1. The van der Waals surface area contributed by atoms with Crippen molar-refractivity contribution in [3.8, 4) is 0 Å². The summed E-state index contributed by atoms with van der Waals surface area (Å²) in [7, 11) is 0. The predicted molar refractivity (Wildman–Crippen MR) is 71.0 cm³/mol. The molecule has 2 atom stereocenters. The number of nitrogens with two attached hydrogens (primary N) is 1. The van der Waals surface area contributed by atoms with E-state index < -0.39 is 0 Å². The maximum Gasteiger partial charge on any atom is 0.407 e. The quantitative estimate of drug-likeness (QED) is 0.804. The van der Waals surface area contributed by atoms with E-state index >= 15 is 0 Å². The van der Waals surface area contributed by atoms with E-state index in [0.29, 0.717) is 6.61 Å². The van der Waals surface area contributed by atoms with Crippen molar-refractivity contribution in [1.29, 1.82) is 0 Å². The van der Waals surface area contributed by atoms with E-state index in [9.17, 15) is 4.79 Å². The molecule has 1 heterocycles. The van der Waals surface area contributed by atoms with Crippen molar-refractivity contribution < 1.29 is 9.53 Å². The van der Waals surface area contributed by atoms with Gasteiger partial charge in [-0.05, 0) is 18.4 Å². The average Bonchev–Trinajstić information content (AvgIpc) is 2.92. The Bertz CT molecular complexity index is 465. The maximum atomic E-state index is 11.7. The molecule has 102 valence electrons. The van der Waals surface area contributed by atoms with Crippen molar-refractivity contribution in [2.24, 2.45) is 11.3 Å². The van der Waals surface area contributed by atoms with Gasteiger partial charge in [0.25, 0.3) is 0 Å². The molecule has 1 saturated carbocycles. The molecule has 5 heteroatoms. The Labute approximate surface area is 112 Å². The van der Waals surface area contributed by atoms with Crippen molar-refractivity contribution in [1.82, 2.24) is 10.3 Å². The third-order valence-electron chi connectivity index (χ3n) is 4.11. The van der Waals surface area contributed by atoms with E-state index in [0.717, 1.165) is 31.5 Å². The molecule has 1 aromatic carbocycles. The largest absolute Gasteiger partial charge is 0.445 e. The van der Waals surface area contributed by atoms with Crippen LogP contribution in [0.4, 0.5) is 4.79 Å². The fourth-order valence-electron chi connectivity index (χ4n) is 2.84. The summed E-state index contributed by atoms with van der Waals surface area (Å²) in [6.45, 7) is 2.10. The summed E-state index contributed by atoms with van der Waals surface area (Å²) in [6, 6.07) is 9.91. The summed E-state index contributed by atoms with van der Waals surface area (Å²) in [6.07, 6.45) is 1.75. The third kappa shape index (κ3) is 2.72. The number of carbonyl (C=O) groups excluding carboxylic acids is 1. The molecule has 1 aliphatic heterocycles. The lowest BCUT2D eigenvalue weighted by Gasteiger charge is -2.11. The van der Waals surface area contributed by atoms with Crippen LogP contribution in [0.2, 0.25) is 0 Å². The van der Waals surface area contributed by atoms with E-state index in [1.54, 1.807) is 0 Å². The smallest absolute Gasteiger partial charge is 0.407 e. The highest BCUT2D eigenvalue weighted by Gasteiger charge is 2.57. The molecule has 3 rings (SSSR count). The second-order valence-corrected chi connectivity index (χ2v) is 5.55. The summed E-state index contributed by atoms with van der Waals surface area (Å²) >= 11 is 0. The molecule has 1 amide bonds. The molecular weight excluding hydrogens is 242 g/mol. The summed E-state index contributed by atoms with van der Waals surface area (Å²) < 4.78 is 5.21. The normalized spacial score (nSPS) is 29.4. The number of rotatable bonds is 3. The second kappa shape index (κ2) is 4.83. The van der Waals surface area contributed by atoms with Crippen LogP contribution in [0.5, 0.6) is 0 Å². The lowest BCUT2D eigenvalue weighted by molar-refractivity contribution is 0.137. The van der Waals surface area contributed by atoms with E-state index in [4.69, 9.17) is 10.6 Å². The number of nitrogens with zero attached hydrogens (tertiary/aromatic N) is 1. The molecular formula is C14H19N3O2. The Morgan fingerprint density at radius 3 is 2.95 bits per heavy atom. The topological polar surface area (TPSA) is 67.6 Å². The molecule has 19 heavy (non-hydrogen) atoms. The number of alkyl carbamates (subject to hydrolysis) is 1. The number of amides is 1. The highest BCUT2D eigenvalue weighted by molar-refractivity contribution is 5.68. The monoisotopic (exact) mass is 261 g/mol. The van der Waals surface area contributed by atoms with E-state index in [1.165, 1.54) is 0 Å². The Kier molecular flexibility index (Phi) is 3.16. The van der Waals surface area contributed by atoms with Crippen molar-refractivity contribution >= 4 is 6.09 Å². The molecule has 2 aliphatic rings. The molecule has 1 spiro atoms. The molecule has 3 N–H and O–H groups in total. The first-order valence-electron chi connectivity index (χ1n) is 6.65. The van der Waals surface area contributed by atoms with Gasteiger partial charge < -0.3 is 10.1 Å². The molecule has 2 unspecified atom stereocenters. The lowest BCUT2D eigenvalue weighted by Crippen LogP contribution is -2.33. The average molecular weight is 261 g/mol. The van der Waals surface area contributed by atoms with Crippen LogP contribution < -0.4 is 11.2 Å². The van der Waals surface area contributed by atoms with Crippen LogP contribution >= 0.6 is 0 Å². The Hall–Kier alpha value is -1.59. The van der Waals surface area contributed by atoms with Crippen LogP contribution in [0, 0.1) is 5.41 Å². The van der Waals surface area contributed by atoms with Crippen LogP contribution in [-0.2, 0) is 11.3 Å². The minimum absolute atomic E-state index is 0.209. The molecule has 0 bridgehead atoms. The molecule has 1 aromatic rings. The fourth-order valence-corrected chi connectivity index (χ4v) is 2.84. The van der Waals surface area contributed by atoms with Crippen LogP contribution in [0.25, 0.3) is 0 Å². The summed E-state index contributed by atoms with van der Waals surface area (Å²) in [5.74, 6) is 5.77. The summed E-state index contributed by atoms with van der Waals surface area (Å²) in [4.78, 5) is 11.7. The summed E-state index contributed by atoms with van der Waals surface area (Å²) in [5.41, 5.74) is 1.21. The van der Waals surface area contributed by atoms with Gasteiger partial charge in [0.05, 0.1) is 0 Å². The molecule has 1 saturated heterocycles. The van der Waals surface area contributed by atoms with E-state index in [2.05, 4.69) is 5.32 Å². The Morgan fingerprint density at radius 2 is 2.26 bits per heavy atom. The Balaban J connectivity index is 1.43. The van der Waals surface area contributed by atoms with Gasteiger partial charge in [-0.3, -0.25) is 5.84 Å². The van der Waals surface area contributed by atoms with Crippen LogP contribution in [-0.4, -0.2) is 30.2 Å². The number of hydrogen-bond acceptors (Lipinski definition) is 4. The number of hydrogen-bond donors (Lipinski definition) is 2. The van der Waals surface area contributed by atoms with Gasteiger partial charge in [-0.25, -0.2) is 9.80 Å². The van der Waals surface area contributed by atoms with Crippen molar-refractivity contribution in [2.45, 2.75) is 25.5 Å². The van der Waals surface area contributed by atoms with Gasteiger partial charge in [0, 0.05) is 24.5 Å². The molecule has 1 aliphatic carbocycles. The first kappa shape index (κ1) is 12.4. The highest BCUT2D eigenvalue weighted by atomic mass is 16.5. The predicted octanol–water partition coefficient (Wildman–Crippen LogP) is 1.25. The van der Waals surface area contributed by atoms with Crippen LogP contribution in [0.3, 0.4) is 0 Å². The van der Waals surface area contributed by atoms with Crippen LogP contribution in [0.1, 0.15) is 18.4 Å². The number of ether oxygens (including phenoxy) is 1. The standard InChI is InChI=1S/C14H19N3O2/c15-17-7-6-14(10-17)8-12(14)16-13(18)19-9-11-4-2-1-3-5-11/h1-5,12H,6-10,15H2,(H,16,18). The first-order chi connectivity index (χ1) is 9.18. The molecule has 0 aromatic heterocycles. The van der Waals surface area contributed by atoms with E-state index in [1.807, 2.05) is 35.3 Å². The van der Waals surface area contributed by atoms with Gasteiger partial charge >= 0.3 is 6.09 Å². The minimum atomic E-state index is -0.332. The lowest BCUT2D eigenvalue weighted by atomic mass is 10.1. The van der Waals surface area contributed by atoms with Gasteiger partial charge in [0.15, 0.2) is 0 Å². The van der Waals surface area contributed by atoms with Crippen molar-refractivity contribution in [2.75, 3.05) is 13.1 Å². The van der Waals surface area contributed by atoms with Gasteiger partial charge in [0.1, 0.15) is 6.61 Å². The zero-order valence-electron chi connectivity index (χ0n) is 10.8. The SMILES string of the molecule is NN1CCC2(CC2NC(=O)OCc2ccccc2)C1. The van der Waals surface area contributed by atoms with Gasteiger partial charge in [-0.15, -0.1) is 0 Å². The zero-order chi connectivity index (χ0) is 13.3. The highest BCUT2D eigenvalue weighted by Crippen LogP contribution is 2.52. The van der Waals surface area contributed by atoms with Gasteiger partial charge in [-0.1, -0.05) is 30.3 Å². The Morgan fingerprint density at radius 1 is 1.47 bits per heavy atom. The minimum Gasteiger partial charge on any atom is -0.445 e. The summed E-state index contributed by atoms with van der Waals surface area (Å²) in [5, 5.41) is 4.76. The van der Waals surface area contributed by atoms with Crippen LogP contribution in [0.15, 0.2) is 30.3 Å². The van der Waals surface area contributed by atoms with Gasteiger partial charge in [-0.2, -0.15) is 0 Å². The van der Waals surface area contributed by atoms with Crippen molar-refractivity contribution in [3.05, 3.63) is 35.9 Å². The number of carbonyl (C=O) groups is 1. The number of benzene rings is 1. The first-order valence-corrected chi connectivity index (χ1v) is 6.65. The molecule has 0 radical (unpaired) electrons. The van der Waals surface area contributed by atoms with Crippen molar-refractivity contribution in [3.63, 3.8) is 0 Å². The second-order valence-electron chi connectivity index (χ2n) is 5.55. The van der Waals surface area contributed by atoms with Gasteiger partial charge in [0.2, 0.25) is 0 Å². The zero-order valence-corrected chi connectivity index (χ0v) is 10.8. The maximum absolute atomic E-state index is 11.7.